The lowest BCUT2D eigenvalue weighted by Gasteiger charge is -2.09. The lowest BCUT2D eigenvalue weighted by molar-refractivity contribution is -0.140. The van der Waals surface area contributed by atoms with Gasteiger partial charge in [-0.05, 0) is 0 Å². The molecule has 0 fully saturated rings. The Kier molecular flexibility index (Phi) is 5.03. The minimum Gasteiger partial charge on any atom is -0.483 e. The van der Waals surface area contributed by atoms with Gasteiger partial charge in [0.2, 0.25) is 11.6 Å². The summed E-state index contributed by atoms with van der Waals surface area (Å²) in [6, 6.07) is -1.24. The van der Waals surface area contributed by atoms with Gasteiger partial charge in [0.25, 0.3) is 0 Å². The smallest absolute Gasteiger partial charge is 0.320 e. The van der Waals surface area contributed by atoms with Crippen LogP contribution >= 0.6 is 0 Å². The van der Waals surface area contributed by atoms with E-state index in [2.05, 4.69) is 4.74 Å². The van der Waals surface area contributed by atoms with Crippen LogP contribution < -0.4 is 10.5 Å². The van der Waals surface area contributed by atoms with Gasteiger partial charge in [0.1, 0.15) is 12.6 Å². The van der Waals surface area contributed by atoms with E-state index in [1.807, 2.05) is 0 Å². The van der Waals surface area contributed by atoms with Gasteiger partial charge in [0.15, 0.2) is 23.2 Å². The molecule has 9 heteroatoms. The van der Waals surface area contributed by atoms with E-state index in [1.165, 1.54) is 0 Å². The predicted molar refractivity (Wildman–Crippen MR) is 57.0 cm³/mol. The van der Waals surface area contributed by atoms with Gasteiger partial charge in [-0.2, -0.15) is 4.39 Å². The van der Waals surface area contributed by atoms with Crippen molar-refractivity contribution in [3.8, 4) is 5.75 Å². The predicted octanol–water partition coefficient (Wildman–Crippen LogP) is 0.993. The van der Waals surface area contributed by atoms with Crippen LogP contribution in [0, 0.1) is 23.3 Å². The molecule has 0 radical (unpaired) electrons. The molecule has 110 valence electrons. The van der Waals surface area contributed by atoms with Crippen molar-refractivity contribution in [3.05, 3.63) is 29.3 Å². The Morgan fingerprint density at radius 1 is 1.20 bits per heavy atom. The zero-order valence-electron chi connectivity index (χ0n) is 9.83. The summed E-state index contributed by atoms with van der Waals surface area (Å²) in [7, 11) is 0. The minimum absolute atomic E-state index is 0.234. The van der Waals surface area contributed by atoms with Crippen LogP contribution in [0.3, 0.4) is 0 Å². The largest absolute Gasteiger partial charge is 0.483 e. The van der Waals surface area contributed by atoms with Crippen LogP contribution in [0.5, 0.6) is 5.75 Å². The van der Waals surface area contributed by atoms with E-state index >= 15 is 0 Å². The Hall–Kier alpha value is -2.16. The molecule has 0 saturated carbocycles. The molecule has 3 N–H and O–H groups in total. The van der Waals surface area contributed by atoms with Crippen molar-refractivity contribution in [3.63, 3.8) is 0 Å². The summed E-state index contributed by atoms with van der Waals surface area (Å²) in [6.45, 7) is -0.859. The molecule has 0 bridgehead atoms. The van der Waals surface area contributed by atoms with Gasteiger partial charge in [0.05, 0.1) is 0 Å². The summed E-state index contributed by atoms with van der Waals surface area (Å²) in [5.41, 5.74) is 5.06. The van der Waals surface area contributed by atoms with Crippen LogP contribution in [0.1, 0.15) is 6.42 Å². The Balaban J connectivity index is 2.71. The monoisotopic (exact) mass is 295 g/mol. The molecule has 20 heavy (non-hydrogen) atoms. The Morgan fingerprint density at radius 3 is 2.35 bits per heavy atom. The molecule has 0 heterocycles. The molecule has 0 spiro atoms. The average Bonchev–Trinajstić information content (AvgIpc) is 2.38. The molecule has 1 rings (SSSR count). The van der Waals surface area contributed by atoms with E-state index in [0.717, 1.165) is 0 Å². The summed E-state index contributed by atoms with van der Waals surface area (Å²) >= 11 is 0. The highest BCUT2D eigenvalue weighted by Crippen LogP contribution is 2.24. The summed E-state index contributed by atoms with van der Waals surface area (Å²) in [4.78, 5) is 21.6. The van der Waals surface area contributed by atoms with Crippen molar-refractivity contribution in [2.45, 2.75) is 12.5 Å². The number of ether oxygens (including phenoxy) is 1. The zero-order valence-corrected chi connectivity index (χ0v) is 9.83. The highest BCUT2D eigenvalue weighted by Gasteiger charge is 2.21. The maximum Gasteiger partial charge on any atom is 0.320 e. The van der Waals surface area contributed by atoms with Crippen molar-refractivity contribution < 1.29 is 37.0 Å². The third kappa shape index (κ3) is 3.67. The van der Waals surface area contributed by atoms with Gasteiger partial charge in [-0.15, -0.1) is 0 Å². The first-order valence-corrected chi connectivity index (χ1v) is 5.20. The van der Waals surface area contributed by atoms with Crippen LogP contribution in [-0.2, 0) is 9.59 Å². The lowest BCUT2D eigenvalue weighted by atomic mass is 10.1. The second-order valence-electron chi connectivity index (χ2n) is 3.77. The standard InChI is InChI=1S/C11H9F4NO4/c12-5-2-7(9(14)10(15)8(5)13)20-3-4(17)1-6(16)11(18)19/h2,6H,1,3,16H2,(H,18,19). The van der Waals surface area contributed by atoms with Gasteiger partial charge in [-0.1, -0.05) is 0 Å². The van der Waals surface area contributed by atoms with Crippen LogP contribution in [0.15, 0.2) is 6.07 Å². The summed E-state index contributed by atoms with van der Waals surface area (Å²) in [5.74, 6) is -10.8. The molecule has 0 aromatic heterocycles. The SMILES string of the molecule is NC(CC(=O)COc1cc(F)c(F)c(F)c1F)C(=O)O. The van der Waals surface area contributed by atoms with Crippen molar-refractivity contribution in [2.75, 3.05) is 6.61 Å². The topological polar surface area (TPSA) is 89.6 Å². The van der Waals surface area contributed by atoms with Crippen molar-refractivity contribution in [1.82, 2.24) is 0 Å². The van der Waals surface area contributed by atoms with E-state index in [0.29, 0.717) is 0 Å². The molecule has 0 amide bonds. The number of carbonyl (C=O) groups is 2. The van der Waals surface area contributed by atoms with Gasteiger partial charge in [-0.3, -0.25) is 9.59 Å². The third-order valence-electron chi connectivity index (χ3n) is 2.22. The Labute approximate surface area is 109 Å². The number of carbonyl (C=O) groups excluding carboxylic acids is 1. The van der Waals surface area contributed by atoms with Gasteiger partial charge < -0.3 is 15.6 Å². The fraction of sp³-hybridized carbons (Fsp3) is 0.273. The fourth-order valence-corrected chi connectivity index (χ4v) is 1.21. The molecule has 0 aliphatic rings. The third-order valence-corrected chi connectivity index (χ3v) is 2.22. The number of halogens is 4. The maximum absolute atomic E-state index is 13.1. The highest BCUT2D eigenvalue weighted by atomic mass is 19.2. The van der Waals surface area contributed by atoms with Gasteiger partial charge in [0, 0.05) is 12.5 Å². The number of ketones is 1. The van der Waals surface area contributed by atoms with Crippen LogP contribution in [-0.4, -0.2) is 29.5 Å². The molecule has 1 unspecified atom stereocenters. The number of carboxylic acids is 1. The van der Waals surface area contributed by atoms with Crippen LogP contribution in [0.25, 0.3) is 0 Å². The summed E-state index contributed by atoms with van der Waals surface area (Å²) in [6.07, 6.45) is -0.608. The fourth-order valence-electron chi connectivity index (χ4n) is 1.21. The molecule has 0 saturated heterocycles. The molecule has 5 nitrogen and oxygen atoms in total. The molecular formula is C11H9F4NO4. The number of rotatable bonds is 6. The number of aliphatic carboxylic acids is 1. The number of hydrogen-bond acceptors (Lipinski definition) is 4. The summed E-state index contributed by atoms with van der Waals surface area (Å²) in [5, 5.41) is 8.44. The number of nitrogens with two attached hydrogens (primary N) is 1. The van der Waals surface area contributed by atoms with Gasteiger partial charge in [-0.25, -0.2) is 13.2 Å². The average molecular weight is 295 g/mol. The zero-order chi connectivity index (χ0) is 15.4. The summed E-state index contributed by atoms with van der Waals surface area (Å²) < 4.78 is 55.9. The van der Waals surface area contributed by atoms with Crippen molar-refractivity contribution in [2.24, 2.45) is 5.73 Å². The Bertz CT molecular complexity index is 550. The normalized spacial score (nSPS) is 12.1. The molecular weight excluding hydrogens is 286 g/mol. The number of Topliss-reactive ketones (excluding diaryl/α,β-unsaturated/α-hetero) is 1. The number of carboxylic acid groups (broad SMARTS) is 1. The van der Waals surface area contributed by atoms with E-state index in [1.54, 1.807) is 0 Å². The van der Waals surface area contributed by atoms with E-state index in [9.17, 15) is 27.2 Å². The molecule has 0 aliphatic carbocycles. The van der Waals surface area contributed by atoms with Crippen LogP contribution in [0.2, 0.25) is 0 Å². The van der Waals surface area contributed by atoms with Crippen molar-refractivity contribution in [1.29, 1.82) is 0 Å². The minimum atomic E-state index is -2.07. The van der Waals surface area contributed by atoms with E-state index in [4.69, 9.17) is 10.8 Å². The molecule has 0 aliphatic heterocycles. The van der Waals surface area contributed by atoms with Gasteiger partial charge >= 0.3 is 5.97 Å². The number of benzene rings is 1. The maximum atomic E-state index is 13.1. The molecule has 1 aromatic rings. The first kappa shape index (κ1) is 15.9. The van der Waals surface area contributed by atoms with E-state index < -0.39 is 59.8 Å². The second kappa shape index (κ2) is 6.33. The highest BCUT2D eigenvalue weighted by molar-refractivity contribution is 5.86. The van der Waals surface area contributed by atoms with Crippen molar-refractivity contribution >= 4 is 11.8 Å². The molecule has 1 atom stereocenters. The first-order chi connectivity index (χ1) is 9.23. The van der Waals surface area contributed by atoms with Crippen LogP contribution in [0.4, 0.5) is 17.6 Å². The van der Waals surface area contributed by atoms with E-state index in [-0.39, 0.29) is 6.07 Å². The Morgan fingerprint density at radius 2 is 1.80 bits per heavy atom. The lowest BCUT2D eigenvalue weighted by Crippen LogP contribution is -2.34. The first-order valence-electron chi connectivity index (χ1n) is 5.20. The second-order valence-corrected chi connectivity index (χ2v) is 3.77. The molecule has 1 aromatic carbocycles. The quantitative estimate of drug-likeness (QED) is 0.464. The number of hydrogen-bond donors (Lipinski definition) is 2.